The van der Waals surface area contributed by atoms with Crippen molar-refractivity contribution in [2.45, 2.75) is 6.04 Å². The molecule has 6 heteroatoms. The molecule has 0 radical (unpaired) electrons. The van der Waals surface area contributed by atoms with Gasteiger partial charge < -0.3 is 5.73 Å². The topological polar surface area (TPSA) is 26.0 Å². The van der Waals surface area contributed by atoms with Crippen molar-refractivity contribution in [1.82, 2.24) is 0 Å². The first kappa shape index (κ1) is 14.4. The summed E-state index contributed by atoms with van der Waals surface area (Å²) >= 11 is 7.02. The van der Waals surface area contributed by atoms with Crippen LogP contribution in [0.2, 0.25) is 5.02 Å². The zero-order chi connectivity index (χ0) is 11.7. The summed E-state index contributed by atoms with van der Waals surface area (Å²) in [6, 6.07) is 3.20. The van der Waals surface area contributed by atoms with E-state index >= 15 is 0 Å². The Balaban J connectivity index is 0.00000144. The van der Waals surface area contributed by atoms with Crippen LogP contribution in [0.1, 0.15) is 17.2 Å². The number of hydrogen-bond donors (Lipinski definition) is 1. The molecule has 0 spiro atoms. The molecule has 0 aliphatic carbocycles. The molecule has 92 valence electrons. The van der Waals surface area contributed by atoms with Crippen LogP contribution in [-0.4, -0.2) is 0 Å². The van der Waals surface area contributed by atoms with E-state index in [1.807, 2.05) is 0 Å². The molecule has 0 unspecified atom stereocenters. The Morgan fingerprint density at radius 1 is 1.24 bits per heavy atom. The second kappa shape index (κ2) is 5.78. The summed E-state index contributed by atoms with van der Waals surface area (Å²) in [7, 11) is 0. The van der Waals surface area contributed by atoms with Crippen molar-refractivity contribution in [2.24, 2.45) is 5.73 Å². The van der Waals surface area contributed by atoms with Crippen LogP contribution in [0.5, 0.6) is 0 Å². The van der Waals surface area contributed by atoms with Gasteiger partial charge in [-0.3, -0.25) is 0 Å². The fourth-order valence-corrected chi connectivity index (χ4v) is 2.31. The monoisotopic (exact) mass is 295 g/mol. The third kappa shape index (κ3) is 2.77. The smallest absolute Gasteiger partial charge is 0.149 e. The van der Waals surface area contributed by atoms with E-state index in [0.29, 0.717) is 5.56 Å². The molecule has 2 aromatic rings. The van der Waals surface area contributed by atoms with Crippen LogP contribution in [-0.2, 0) is 0 Å². The van der Waals surface area contributed by atoms with Gasteiger partial charge in [-0.1, -0.05) is 11.6 Å². The average molecular weight is 296 g/mol. The minimum Gasteiger partial charge on any atom is -0.320 e. The first-order valence-electron chi connectivity index (χ1n) is 4.52. The predicted molar refractivity (Wildman–Crippen MR) is 69.0 cm³/mol. The fourth-order valence-electron chi connectivity index (χ4n) is 1.45. The first-order chi connectivity index (χ1) is 7.61. The van der Waals surface area contributed by atoms with Crippen LogP contribution < -0.4 is 5.73 Å². The van der Waals surface area contributed by atoms with Crippen LogP contribution in [0.15, 0.2) is 29.0 Å². The molecule has 1 atom stereocenters. The lowest BCUT2D eigenvalue weighted by Crippen LogP contribution is -2.15. The summed E-state index contributed by atoms with van der Waals surface area (Å²) in [5, 5.41) is 3.43. The fraction of sp³-hybridized carbons (Fsp3) is 0.0909. The van der Waals surface area contributed by atoms with Crippen molar-refractivity contribution in [3.05, 3.63) is 56.7 Å². The quantitative estimate of drug-likeness (QED) is 0.828. The van der Waals surface area contributed by atoms with E-state index in [4.69, 9.17) is 17.3 Å². The number of benzene rings is 1. The molecule has 0 saturated heterocycles. The molecule has 1 nitrogen and oxygen atoms in total. The normalized spacial score (nSPS) is 12.0. The lowest BCUT2D eigenvalue weighted by Gasteiger charge is -2.13. The number of hydrogen-bond acceptors (Lipinski definition) is 2. The van der Waals surface area contributed by atoms with E-state index in [1.54, 1.807) is 16.8 Å². The molecule has 0 aliphatic rings. The molecule has 0 amide bonds. The first-order valence-corrected chi connectivity index (χ1v) is 5.84. The second-order valence-corrected chi connectivity index (χ2v) is 4.48. The summed E-state index contributed by atoms with van der Waals surface area (Å²) in [6.07, 6.45) is 0. The zero-order valence-electron chi connectivity index (χ0n) is 8.49. The maximum absolute atomic E-state index is 13.7. The van der Waals surface area contributed by atoms with Crippen LogP contribution in [0.4, 0.5) is 8.78 Å². The van der Waals surface area contributed by atoms with Crippen molar-refractivity contribution in [2.75, 3.05) is 0 Å². The highest BCUT2D eigenvalue weighted by Gasteiger charge is 2.20. The third-order valence-electron chi connectivity index (χ3n) is 2.29. The van der Waals surface area contributed by atoms with E-state index < -0.39 is 17.7 Å². The van der Waals surface area contributed by atoms with E-state index in [0.717, 1.165) is 6.07 Å². The van der Waals surface area contributed by atoms with Crippen molar-refractivity contribution in [3.8, 4) is 0 Å². The molecular weight excluding hydrogens is 287 g/mol. The molecule has 2 rings (SSSR count). The number of rotatable bonds is 2. The Morgan fingerprint density at radius 3 is 2.53 bits per heavy atom. The molecule has 0 aliphatic heterocycles. The van der Waals surface area contributed by atoms with Crippen molar-refractivity contribution in [3.63, 3.8) is 0 Å². The van der Waals surface area contributed by atoms with Crippen LogP contribution >= 0.6 is 35.3 Å². The lowest BCUT2D eigenvalue weighted by molar-refractivity contribution is 0.544. The van der Waals surface area contributed by atoms with E-state index in [9.17, 15) is 8.78 Å². The predicted octanol–water partition coefficient (Wildman–Crippen LogP) is 4.15. The summed E-state index contributed by atoms with van der Waals surface area (Å²) in [6.45, 7) is 0. The van der Waals surface area contributed by atoms with Gasteiger partial charge in [0.2, 0.25) is 0 Å². The molecule has 0 fully saturated rings. The Kier molecular flexibility index (Phi) is 4.89. The van der Waals surface area contributed by atoms with Gasteiger partial charge in [-0.15, -0.1) is 12.4 Å². The summed E-state index contributed by atoms with van der Waals surface area (Å²) in [4.78, 5) is 0. The van der Waals surface area contributed by atoms with Crippen molar-refractivity contribution >= 4 is 35.3 Å². The summed E-state index contributed by atoms with van der Waals surface area (Å²) in [5.41, 5.74) is 6.28. The molecule has 1 heterocycles. The van der Waals surface area contributed by atoms with Gasteiger partial charge in [-0.25, -0.2) is 8.78 Å². The summed E-state index contributed by atoms with van der Waals surface area (Å²) < 4.78 is 27.2. The van der Waals surface area contributed by atoms with Gasteiger partial charge in [0.25, 0.3) is 0 Å². The highest BCUT2D eigenvalue weighted by atomic mass is 35.5. The van der Waals surface area contributed by atoms with Gasteiger partial charge in [0.1, 0.15) is 11.6 Å². The van der Waals surface area contributed by atoms with Gasteiger partial charge >= 0.3 is 0 Å². The second-order valence-electron chi connectivity index (χ2n) is 3.29. The van der Waals surface area contributed by atoms with Crippen LogP contribution in [0.3, 0.4) is 0 Å². The Bertz CT molecular complexity index is 502. The number of thiophene rings is 1. The molecule has 1 aromatic heterocycles. The van der Waals surface area contributed by atoms with Gasteiger partial charge in [-0.05, 0) is 34.5 Å². The van der Waals surface area contributed by atoms with Crippen molar-refractivity contribution < 1.29 is 8.78 Å². The average Bonchev–Trinajstić information content (AvgIpc) is 2.77. The van der Waals surface area contributed by atoms with Gasteiger partial charge in [-0.2, -0.15) is 11.3 Å². The SMILES string of the molecule is Cl.N[C@@H](c1ccsc1)c1c(F)ccc(Cl)c1F. The standard InChI is InChI=1S/C11H8ClF2NS.ClH/c12-7-1-2-8(13)9(10(7)14)11(15)6-3-4-16-5-6;/h1-5,11H,15H2;1H/t11-;/m0./s1. The molecule has 2 N–H and O–H groups in total. The van der Waals surface area contributed by atoms with Gasteiger partial charge in [0.05, 0.1) is 11.1 Å². The van der Waals surface area contributed by atoms with E-state index in [1.165, 1.54) is 17.4 Å². The zero-order valence-corrected chi connectivity index (χ0v) is 10.9. The molecular formula is C11H9Cl2F2NS. The molecule has 1 aromatic carbocycles. The summed E-state index contributed by atoms with van der Waals surface area (Å²) in [5.74, 6) is -1.47. The number of halogens is 4. The maximum atomic E-state index is 13.7. The Morgan fingerprint density at radius 2 is 1.94 bits per heavy atom. The van der Waals surface area contributed by atoms with E-state index in [-0.39, 0.29) is 23.0 Å². The highest BCUT2D eigenvalue weighted by Crippen LogP contribution is 2.29. The minimum absolute atomic E-state index is 0. The van der Waals surface area contributed by atoms with Crippen molar-refractivity contribution in [1.29, 1.82) is 0 Å². The van der Waals surface area contributed by atoms with Crippen LogP contribution in [0, 0.1) is 11.6 Å². The lowest BCUT2D eigenvalue weighted by atomic mass is 10.0. The van der Waals surface area contributed by atoms with E-state index in [2.05, 4.69) is 0 Å². The van der Waals surface area contributed by atoms with Gasteiger partial charge in [0, 0.05) is 5.56 Å². The third-order valence-corrected chi connectivity index (χ3v) is 3.29. The molecule has 17 heavy (non-hydrogen) atoms. The highest BCUT2D eigenvalue weighted by molar-refractivity contribution is 7.08. The Labute approximate surface area is 113 Å². The Hall–Kier alpha value is -0.680. The minimum atomic E-state index is -0.829. The number of nitrogens with two attached hydrogens (primary N) is 1. The molecule has 0 saturated carbocycles. The maximum Gasteiger partial charge on any atom is 0.149 e. The van der Waals surface area contributed by atoms with Gasteiger partial charge in [0.15, 0.2) is 0 Å². The molecule has 0 bridgehead atoms. The van der Waals surface area contributed by atoms with Crippen LogP contribution in [0.25, 0.3) is 0 Å². The largest absolute Gasteiger partial charge is 0.320 e.